The van der Waals surface area contributed by atoms with Gasteiger partial charge in [-0.05, 0) is 43.7 Å². The molecule has 2 heterocycles. The van der Waals surface area contributed by atoms with Crippen LogP contribution in [0.3, 0.4) is 0 Å². The summed E-state index contributed by atoms with van der Waals surface area (Å²) < 4.78 is 13.8. The van der Waals surface area contributed by atoms with E-state index in [1.54, 1.807) is 37.4 Å². The minimum atomic E-state index is -1.43. The number of aromatic nitrogens is 4. The van der Waals surface area contributed by atoms with Gasteiger partial charge in [0.25, 0.3) is 5.91 Å². The molecule has 0 aliphatic carbocycles. The zero-order chi connectivity index (χ0) is 29.0. The summed E-state index contributed by atoms with van der Waals surface area (Å²) in [6.07, 6.45) is 8.42. The molecule has 0 saturated carbocycles. The Hall–Kier alpha value is -2.86. The van der Waals surface area contributed by atoms with E-state index in [0.717, 1.165) is 0 Å². The smallest absolute Gasteiger partial charge is 0.333 e. The monoisotopic (exact) mass is 597 g/mol. The lowest BCUT2D eigenvalue weighted by Crippen LogP contribution is -2.36. The van der Waals surface area contributed by atoms with Crippen LogP contribution in [-0.4, -0.2) is 68.0 Å². The maximum absolute atomic E-state index is 13.6. The van der Waals surface area contributed by atoms with Gasteiger partial charge in [-0.15, -0.1) is 10.3 Å². The first-order chi connectivity index (χ1) is 18.3. The van der Waals surface area contributed by atoms with Crippen LogP contribution in [0.4, 0.5) is 5.69 Å². The molecule has 1 aromatic carbocycles. The normalized spacial score (nSPS) is 12.3. The van der Waals surface area contributed by atoms with Gasteiger partial charge in [-0.3, -0.25) is 18.7 Å². The minimum Gasteiger partial charge on any atom is -0.465 e. The molecule has 0 spiro atoms. The molecule has 39 heavy (non-hydrogen) atoms. The SMILES string of the molecule is CCOC(=O)Cn1ccn(-c2ccc(N(CCOS(C)(C)C(C)(C)C)C(=O)c3c(Cl)ncnc3Cl)cc2)c1=O. The highest BCUT2D eigenvalue weighted by molar-refractivity contribution is 8.29. The predicted molar refractivity (Wildman–Crippen MR) is 156 cm³/mol. The van der Waals surface area contributed by atoms with Gasteiger partial charge < -0.3 is 13.8 Å². The zero-order valence-electron chi connectivity index (χ0n) is 22.8. The van der Waals surface area contributed by atoms with E-state index >= 15 is 0 Å². The van der Waals surface area contributed by atoms with Crippen molar-refractivity contribution in [3.8, 4) is 5.69 Å². The molecule has 0 radical (unpaired) electrons. The number of imidazole rings is 1. The van der Waals surface area contributed by atoms with E-state index in [1.807, 2.05) is 0 Å². The van der Waals surface area contributed by atoms with Crippen LogP contribution in [0.5, 0.6) is 0 Å². The van der Waals surface area contributed by atoms with Gasteiger partial charge in [0.05, 0.1) is 25.4 Å². The number of anilines is 1. The van der Waals surface area contributed by atoms with Gasteiger partial charge in [-0.1, -0.05) is 44.0 Å². The summed E-state index contributed by atoms with van der Waals surface area (Å²) in [5.41, 5.74) is 0.669. The van der Waals surface area contributed by atoms with Gasteiger partial charge in [0.2, 0.25) is 0 Å². The van der Waals surface area contributed by atoms with Crippen molar-refractivity contribution in [2.45, 2.75) is 39.0 Å². The summed E-state index contributed by atoms with van der Waals surface area (Å²) in [6.45, 7) is 8.58. The minimum absolute atomic E-state index is 0.0143. The molecule has 0 bridgehead atoms. The quantitative estimate of drug-likeness (QED) is 0.245. The van der Waals surface area contributed by atoms with Crippen LogP contribution in [0, 0.1) is 0 Å². The summed E-state index contributed by atoms with van der Waals surface area (Å²) in [5.74, 6) is -0.981. The zero-order valence-corrected chi connectivity index (χ0v) is 25.1. The summed E-state index contributed by atoms with van der Waals surface area (Å²) >= 11 is 12.4. The second-order valence-corrected chi connectivity index (χ2v) is 14.5. The molecule has 0 fully saturated rings. The van der Waals surface area contributed by atoms with Crippen LogP contribution >= 0.6 is 33.5 Å². The van der Waals surface area contributed by atoms with E-state index in [9.17, 15) is 14.4 Å². The molecule has 0 unspecified atom stereocenters. The van der Waals surface area contributed by atoms with E-state index in [4.69, 9.17) is 32.1 Å². The predicted octanol–water partition coefficient (Wildman–Crippen LogP) is 4.74. The first kappa shape index (κ1) is 30.7. The van der Waals surface area contributed by atoms with Crippen LogP contribution in [-0.2, 0) is 20.3 Å². The average molecular weight is 599 g/mol. The Labute approximate surface area is 239 Å². The van der Waals surface area contributed by atoms with Crippen molar-refractivity contribution in [3.63, 3.8) is 0 Å². The van der Waals surface area contributed by atoms with Crippen LogP contribution in [0.25, 0.3) is 5.69 Å². The molecule has 10 nitrogen and oxygen atoms in total. The standard InChI is InChI=1S/C26H33Cl2N5O5S/c1-7-37-20(34)16-31-12-13-33(25(31)36)19-10-8-18(9-11-19)32(14-15-38-39(5,6)26(2,3)4)24(35)21-22(27)29-17-30-23(21)28/h8-13,17H,7,14-16H2,1-6H3. The van der Waals surface area contributed by atoms with Crippen molar-refractivity contribution >= 4 is 51.1 Å². The Kier molecular flexibility index (Phi) is 9.87. The number of halogens is 2. The fourth-order valence-corrected chi connectivity index (χ4v) is 4.71. The number of nitrogens with zero attached hydrogens (tertiary/aromatic N) is 5. The highest BCUT2D eigenvalue weighted by Gasteiger charge is 2.30. The first-order valence-corrected chi connectivity index (χ1v) is 15.3. The Morgan fingerprint density at radius 1 is 1.05 bits per heavy atom. The third kappa shape index (κ3) is 7.21. The lowest BCUT2D eigenvalue weighted by atomic mass is 10.2. The van der Waals surface area contributed by atoms with E-state index in [1.165, 1.54) is 26.6 Å². The highest BCUT2D eigenvalue weighted by Crippen LogP contribution is 2.53. The third-order valence-corrected chi connectivity index (χ3v) is 10.6. The third-order valence-electron chi connectivity index (χ3n) is 6.27. The van der Waals surface area contributed by atoms with Crippen LogP contribution in [0.1, 0.15) is 38.1 Å². The molecular weight excluding hydrogens is 565 g/mol. The number of amides is 1. The van der Waals surface area contributed by atoms with Gasteiger partial charge in [0, 0.05) is 22.8 Å². The Morgan fingerprint density at radius 3 is 2.23 bits per heavy atom. The number of carbonyl (C=O) groups excluding carboxylic acids is 2. The summed E-state index contributed by atoms with van der Waals surface area (Å²) in [6, 6.07) is 6.80. The number of hydrogen-bond acceptors (Lipinski definition) is 7. The maximum Gasteiger partial charge on any atom is 0.333 e. The van der Waals surface area contributed by atoms with Crippen molar-refractivity contribution < 1.29 is 18.5 Å². The van der Waals surface area contributed by atoms with Gasteiger partial charge in [-0.2, -0.15) is 0 Å². The number of rotatable bonds is 10. The Balaban J connectivity index is 1.91. The number of benzene rings is 1. The number of hydrogen-bond donors (Lipinski definition) is 0. The Morgan fingerprint density at radius 2 is 1.67 bits per heavy atom. The number of ether oxygens (including phenoxy) is 1. The van der Waals surface area contributed by atoms with Crippen LogP contribution in [0.2, 0.25) is 10.3 Å². The highest BCUT2D eigenvalue weighted by atomic mass is 35.5. The molecule has 1 amide bonds. The van der Waals surface area contributed by atoms with E-state index < -0.39 is 27.9 Å². The molecular formula is C26H33Cl2N5O5S. The van der Waals surface area contributed by atoms with Crippen molar-refractivity contribution in [2.75, 3.05) is 37.2 Å². The van der Waals surface area contributed by atoms with E-state index in [2.05, 4.69) is 43.3 Å². The van der Waals surface area contributed by atoms with Gasteiger partial charge in [0.1, 0.15) is 28.7 Å². The molecule has 13 heteroatoms. The van der Waals surface area contributed by atoms with Gasteiger partial charge >= 0.3 is 11.7 Å². The summed E-state index contributed by atoms with van der Waals surface area (Å²) in [7, 11) is -1.43. The van der Waals surface area contributed by atoms with Crippen molar-refractivity contribution in [1.82, 2.24) is 19.1 Å². The summed E-state index contributed by atoms with van der Waals surface area (Å²) in [5, 5.41) is -0.115. The van der Waals surface area contributed by atoms with Crippen molar-refractivity contribution in [3.05, 3.63) is 69.3 Å². The summed E-state index contributed by atoms with van der Waals surface area (Å²) in [4.78, 5) is 47.5. The fourth-order valence-electron chi connectivity index (χ4n) is 3.39. The molecule has 3 rings (SSSR count). The fraction of sp³-hybridized carbons (Fsp3) is 0.423. The lowest BCUT2D eigenvalue weighted by molar-refractivity contribution is -0.143. The van der Waals surface area contributed by atoms with Crippen molar-refractivity contribution in [1.29, 1.82) is 0 Å². The van der Waals surface area contributed by atoms with Gasteiger partial charge in [0.15, 0.2) is 0 Å². The van der Waals surface area contributed by atoms with E-state index in [-0.39, 0.29) is 46.9 Å². The second kappa shape index (κ2) is 12.5. The molecule has 0 atom stereocenters. The molecule has 3 aromatic rings. The molecule has 0 aliphatic heterocycles. The number of carbonyl (C=O) groups is 2. The van der Waals surface area contributed by atoms with E-state index in [0.29, 0.717) is 11.4 Å². The number of esters is 1. The topological polar surface area (TPSA) is 109 Å². The largest absolute Gasteiger partial charge is 0.465 e. The molecule has 2 aromatic heterocycles. The lowest BCUT2D eigenvalue weighted by Gasteiger charge is -2.44. The maximum atomic E-state index is 13.6. The van der Waals surface area contributed by atoms with Crippen LogP contribution < -0.4 is 10.6 Å². The van der Waals surface area contributed by atoms with Crippen LogP contribution in [0.15, 0.2) is 47.8 Å². The second-order valence-electron chi connectivity index (χ2n) is 9.85. The van der Waals surface area contributed by atoms with Crippen molar-refractivity contribution in [2.24, 2.45) is 0 Å². The molecule has 212 valence electrons. The Bertz CT molecular complexity index is 1360. The first-order valence-electron chi connectivity index (χ1n) is 12.2. The average Bonchev–Trinajstić information content (AvgIpc) is 3.21. The molecule has 0 saturated heterocycles. The molecule has 0 N–H and O–H groups in total. The van der Waals surface area contributed by atoms with Gasteiger partial charge in [-0.25, -0.2) is 14.8 Å². The molecule has 0 aliphatic rings.